The number of hydrogen-bond donors (Lipinski definition) is 1. The summed E-state index contributed by atoms with van der Waals surface area (Å²) in [6.07, 6.45) is 7.50. The normalized spacial score (nSPS) is 17.0. The van der Waals surface area contributed by atoms with Crippen LogP contribution in [-0.2, 0) is 0 Å². The van der Waals surface area contributed by atoms with Crippen LogP contribution in [-0.4, -0.2) is 11.5 Å². The average Bonchev–Trinajstić information content (AvgIpc) is 2.81. The summed E-state index contributed by atoms with van der Waals surface area (Å²) in [5.41, 5.74) is 2.08. The van der Waals surface area contributed by atoms with Gasteiger partial charge in [0.25, 0.3) is 5.69 Å². The first-order valence-corrected chi connectivity index (χ1v) is 7.25. The lowest BCUT2D eigenvalue weighted by Gasteiger charge is -2.09. The van der Waals surface area contributed by atoms with Gasteiger partial charge in [-0.2, -0.15) is 0 Å². The number of anilines is 1. The molecule has 0 radical (unpaired) electrons. The molecule has 0 aromatic heterocycles. The third kappa shape index (κ3) is 3.25. The zero-order valence-corrected chi connectivity index (χ0v) is 11.5. The van der Waals surface area contributed by atoms with Gasteiger partial charge >= 0.3 is 0 Å². The van der Waals surface area contributed by atoms with Crippen molar-refractivity contribution in [2.75, 3.05) is 11.9 Å². The molecule has 2 rings (SSSR count). The monoisotopic (exact) mass is 262 g/mol. The highest BCUT2D eigenvalue weighted by Crippen LogP contribution is 2.40. The molecule has 1 aromatic rings. The Hall–Kier alpha value is -1.58. The van der Waals surface area contributed by atoms with Gasteiger partial charge in [-0.05, 0) is 12.0 Å². The van der Waals surface area contributed by atoms with E-state index in [4.69, 9.17) is 0 Å². The van der Waals surface area contributed by atoms with Crippen molar-refractivity contribution in [2.24, 2.45) is 0 Å². The van der Waals surface area contributed by atoms with E-state index in [-0.39, 0.29) is 10.6 Å². The summed E-state index contributed by atoms with van der Waals surface area (Å²) in [4.78, 5) is 10.7. The minimum Gasteiger partial charge on any atom is -0.379 e. The van der Waals surface area contributed by atoms with Gasteiger partial charge < -0.3 is 5.32 Å². The summed E-state index contributed by atoms with van der Waals surface area (Å²) in [6, 6.07) is 5.41. The minimum atomic E-state index is -0.296. The van der Waals surface area contributed by atoms with Crippen LogP contribution in [0.2, 0.25) is 0 Å². The number of fused-ring (bicyclic) bond motifs is 1. The van der Waals surface area contributed by atoms with Crippen LogP contribution in [0.25, 0.3) is 0 Å². The van der Waals surface area contributed by atoms with Crippen molar-refractivity contribution in [1.29, 1.82) is 0 Å². The molecule has 1 aliphatic heterocycles. The Labute approximate surface area is 114 Å². The molecule has 1 N–H and O–H groups in total. The summed E-state index contributed by atoms with van der Waals surface area (Å²) in [7, 11) is 0. The van der Waals surface area contributed by atoms with Crippen LogP contribution in [0.5, 0.6) is 0 Å². The molecule has 1 heterocycles. The molecular weight excluding hydrogens is 240 g/mol. The molecule has 0 bridgehead atoms. The molecular formula is C15H22N2O2. The van der Waals surface area contributed by atoms with E-state index in [1.165, 1.54) is 32.1 Å². The second-order valence-corrected chi connectivity index (χ2v) is 5.28. The second-order valence-electron chi connectivity index (χ2n) is 5.28. The lowest BCUT2D eigenvalue weighted by atomic mass is 9.94. The van der Waals surface area contributed by atoms with Crippen LogP contribution < -0.4 is 5.32 Å². The smallest absolute Gasteiger partial charge is 0.292 e. The van der Waals surface area contributed by atoms with Crippen LogP contribution in [0, 0.1) is 10.1 Å². The van der Waals surface area contributed by atoms with E-state index in [1.54, 1.807) is 12.1 Å². The average molecular weight is 262 g/mol. The molecule has 0 saturated heterocycles. The standard InChI is InChI=1S/C15H22N2O2/c1-2-3-4-5-6-8-12-11-16-15-13(12)9-7-10-14(15)17(18)19/h7,9-10,12,16H,2-6,8,11H2,1H3. The highest BCUT2D eigenvalue weighted by molar-refractivity contribution is 5.70. The number of nitrogens with zero attached hydrogens (tertiary/aromatic N) is 1. The first-order valence-electron chi connectivity index (χ1n) is 7.25. The Bertz CT molecular complexity index is 446. The highest BCUT2D eigenvalue weighted by atomic mass is 16.6. The van der Waals surface area contributed by atoms with Crippen LogP contribution in [0.15, 0.2) is 18.2 Å². The molecule has 104 valence electrons. The van der Waals surface area contributed by atoms with Crippen molar-refractivity contribution in [3.8, 4) is 0 Å². The summed E-state index contributed by atoms with van der Waals surface area (Å²) in [5.74, 6) is 0.441. The van der Waals surface area contributed by atoms with Gasteiger partial charge in [-0.1, -0.05) is 51.2 Å². The number of hydrogen-bond acceptors (Lipinski definition) is 3. The van der Waals surface area contributed by atoms with Gasteiger partial charge in [0.05, 0.1) is 4.92 Å². The lowest BCUT2D eigenvalue weighted by molar-refractivity contribution is -0.383. The predicted octanol–water partition coefficient (Wildman–Crippen LogP) is 4.46. The van der Waals surface area contributed by atoms with Crippen molar-refractivity contribution in [3.05, 3.63) is 33.9 Å². The molecule has 1 aliphatic rings. The zero-order chi connectivity index (χ0) is 13.7. The van der Waals surface area contributed by atoms with Gasteiger partial charge in [0.15, 0.2) is 0 Å². The van der Waals surface area contributed by atoms with Crippen LogP contribution >= 0.6 is 0 Å². The number of nitro groups is 1. The molecule has 0 amide bonds. The Morgan fingerprint density at radius 2 is 2.11 bits per heavy atom. The predicted molar refractivity (Wildman–Crippen MR) is 77.7 cm³/mol. The second kappa shape index (κ2) is 6.55. The van der Waals surface area contributed by atoms with E-state index in [1.807, 2.05) is 6.07 Å². The van der Waals surface area contributed by atoms with Crippen LogP contribution in [0.4, 0.5) is 11.4 Å². The third-order valence-electron chi connectivity index (χ3n) is 3.89. The molecule has 0 fully saturated rings. The van der Waals surface area contributed by atoms with Gasteiger partial charge in [-0.25, -0.2) is 0 Å². The quantitative estimate of drug-likeness (QED) is 0.448. The van der Waals surface area contributed by atoms with E-state index in [0.29, 0.717) is 5.92 Å². The fourth-order valence-electron chi connectivity index (χ4n) is 2.83. The Kier molecular flexibility index (Phi) is 4.77. The molecule has 0 aliphatic carbocycles. The number of unbranched alkanes of at least 4 members (excludes halogenated alkanes) is 4. The molecule has 4 nitrogen and oxygen atoms in total. The number of nitro benzene ring substituents is 1. The summed E-state index contributed by atoms with van der Waals surface area (Å²) >= 11 is 0. The van der Waals surface area contributed by atoms with Crippen molar-refractivity contribution < 1.29 is 4.92 Å². The van der Waals surface area contributed by atoms with Crippen LogP contribution in [0.3, 0.4) is 0 Å². The number of benzene rings is 1. The maximum atomic E-state index is 11.0. The Morgan fingerprint density at radius 1 is 1.32 bits per heavy atom. The molecule has 1 atom stereocenters. The molecule has 4 heteroatoms. The van der Waals surface area contributed by atoms with Gasteiger partial charge in [0, 0.05) is 18.5 Å². The first-order chi connectivity index (χ1) is 9.24. The molecule has 0 spiro atoms. The van der Waals surface area contributed by atoms with E-state index in [9.17, 15) is 10.1 Å². The summed E-state index contributed by atoms with van der Waals surface area (Å²) < 4.78 is 0. The molecule has 0 saturated carbocycles. The maximum absolute atomic E-state index is 11.0. The number of nitrogens with one attached hydrogen (secondary N) is 1. The maximum Gasteiger partial charge on any atom is 0.292 e. The minimum absolute atomic E-state index is 0.214. The van der Waals surface area contributed by atoms with E-state index >= 15 is 0 Å². The van der Waals surface area contributed by atoms with E-state index in [0.717, 1.165) is 24.2 Å². The Morgan fingerprint density at radius 3 is 2.84 bits per heavy atom. The highest BCUT2D eigenvalue weighted by Gasteiger charge is 2.27. The fourth-order valence-corrected chi connectivity index (χ4v) is 2.83. The Balaban J connectivity index is 1.94. The van der Waals surface area contributed by atoms with Crippen molar-refractivity contribution in [3.63, 3.8) is 0 Å². The summed E-state index contributed by atoms with van der Waals surface area (Å²) in [5, 5.41) is 14.2. The van der Waals surface area contributed by atoms with Crippen molar-refractivity contribution in [1.82, 2.24) is 0 Å². The van der Waals surface area contributed by atoms with Crippen molar-refractivity contribution in [2.45, 2.75) is 51.4 Å². The van der Waals surface area contributed by atoms with Gasteiger partial charge in [-0.15, -0.1) is 0 Å². The van der Waals surface area contributed by atoms with Gasteiger partial charge in [0.1, 0.15) is 5.69 Å². The number of rotatable bonds is 7. The van der Waals surface area contributed by atoms with E-state index < -0.39 is 0 Å². The lowest BCUT2D eigenvalue weighted by Crippen LogP contribution is -2.01. The van der Waals surface area contributed by atoms with Crippen LogP contribution in [0.1, 0.15) is 56.9 Å². The third-order valence-corrected chi connectivity index (χ3v) is 3.89. The van der Waals surface area contributed by atoms with Gasteiger partial charge in [0.2, 0.25) is 0 Å². The van der Waals surface area contributed by atoms with Crippen molar-refractivity contribution >= 4 is 11.4 Å². The molecule has 1 unspecified atom stereocenters. The topological polar surface area (TPSA) is 55.2 Å². The summed E-state index contributed by atoms with van der Waals surface area (Å²) in [6.45, 7) is 3.06. The zero-order valence-electron chi connectivity index (χ0n) is 11.5. The number of para-hydroxylation sites is 1. The van der Waals surface area contributed by atoms with Gasteiger partial charge in [-0.3, -0.25) is 10.1 Å². The molecule has 19 heavy (non-hydrogen) atoms. The molecule has 1 aromatic carbocycles. The SMILES string of the molecule is CCCCCCCC1CNc2c1cccc2[N+](=O)[O-]. The van der Waals surface area contributed by atoms with E-state index in [2.05, 4.69) is 12.2 Å². The fraction of sp³-hybridized carbons (Fsp3) is 0.600. The largest absolute Gasteiger partial charge is 0.379 e. The first kappa shape index (κ1) is 13.8.